The topological polar surface area (TPSA) is 50.9 Å². The zero-order valence-electron chi connectivity index (χ0n) is 9.36. The summed E-state index contributed by atoms with van der Waals surface area (Å²) in [5.74, 6) is 5.61. The van der Waals surface area contributed by atoms with E-state index in [0.717, 1.165) is 11.4 Å². The lowest BCUT2D eigenvalue weighted by atomic mass is 10.1. The number of hydrazine groups is 1. The lowest BCUT2D eigenvalue weighted by Gasteiger charge is -2.12. The number of thiazole rings is 1. The molecule has 1 atom stereocenters. The minimum absolute atomic E-state index is 0.170. The monoisotopic (exact) mass is 253 g/mol. The van der Waals surface area contributed by atoms with E-state index in [0.29, 0.717) is 0 Å². The molecular formula is C11H15N3S2. The number of hydrogen-bond donors (Lipinski definition) is 2. The molecule has 0 amide bonds. The van der Waals surface area contributed by atoms with E-state index < -0.39 is 0 Å². The van der Waals surface area contributed by atoms with E-state index in [-0.39, 0.29) is 6.04 Å². The summed E-state index contributed by atoms with van der Waals surface area (Å²) in [6.07, 6.45) is 2.69. The van der Waals surface area contributed by atoms with Crippen molar-refractivity contribution in [3.05, 3.63) is 38.0 Å². The first-order chi connectivity index (χ1) is 7.70. The van der Waals surface area contributed by atoms with Gasteiger partial charge in [0.25, 0.3) is 0 Å². The third kappa shape index (κ3) is 2.49. The summed E-state index contributed by atoms with van der Waals surface area (Å²) >= 11 is 3.47. The fourth-order valence-electron chi connectivity index (χ4n) is 1.54. The van der Waals surface area contributed by atoms with E-state index in [1.165, 1.54) is 15.3 Å². The molecule has 0 spiro atoms. The highest BCUT2D eigenvalue weighted by Gasteiger charge is 2.15. The molecule has 0 saturated heterocycles. The van der Waals surface area contributed by atoms with E-state index in [9.17, 15) is 0 Å². The molecule has 2 rings (SSSR count). The fraction of sp³-hybridized carbons (Fsp3) is 0.364. The zero-order chi connectivity index (χ0) is 11.5. The number of nitrogens with two attached hydrogens (primary N) is 1. The molecule has 3 nitrogen and oxygen atoms in total. The van der Waals surface area contributed by atoms with Gasteiger partial charge in [-0.25, -0.2) is 4.98 Å². The first-order valence-corrected chi connectivity index (χ1v) is 6.81. The standard InChI is InChI=1S/C11H15N3S2/c1-7-5-10(16-8(7)2)9(14-12)6-11-13-3-4-15-11/h3-5,9,14H,6,12H2,1-2H3. The SMILES string of the molecule is Cc1cc(C(Cc2nccs2)NN)sc1C. The largest absolute Gasteiger partial charge is 0.271 e. The van der Waals surface area contributed by atoms with Crippen LogP contribution in [0, 0.1) is 13.8 Å². The Hall–Kier alpha value is -0.750. The lowest BCUT2D eigenvalue weighted by Crippen LogP contribution is -2.28. The molecule has 0 aliphatic carbocycles. The van der Waals surface area contributed by atoms with Crippen LogP contribution in [0.25, 0.3) is 0 Å². The van der Waals surface area contributed by atoms with Crippen LogP contribution >= 0.6 is 22.7 Å². The van der Waals surface area contributed by atoms with Crippen LogP contribution in [-0.4, -0.2) is 4.98 Å². The number of thiophene rings is 1. The summed E-state index contributed by atoms with van der Waals surface area (Å²) in [7, 11) is 0. The van der Waals surface area contributed by atoms with E-state index >= 15 is 0 Å². The molecular weight excluding hydrogens is 238 g/mol. The highest BCUT2D eigenvalue weighted by Crippen LogP contribution is 2.28. The van der Waals surface area contributed by atoms with Crippen LogP contribution in [0.15, 0.2) is 17.6 Å². The average molecular weight is 253 g/mol. The molecule has 86 valence electrons. The molecule has 0 aromatic carbocycles. The van der Waals surface area contributed by atoms with Crippen molar-refractivity contribution >= 4 is 22.7 Å². The van der Waals surface area contributed by atoms with Gasteiger partial charge in [-0.2, -0.15) is 0 Å². The van der Waals surface area contributed by atoms with Gasteiger partial charge in [-0.15, -0.1) is 22.7 Å². The zero-order valence-corrected chi connectivity index (χ0v) is 11.0. The van der Waals surface area contributed by atoms with E-state index in [1.807, 2.05) is 11.6 Å². The van der Waals surface area contributed by atoms with Gasteiger partial charge in [0.15, 0.2) is 0 Å². The van der Waals surface area contributed by atoms with Crippen LogP contribution in [-0.2, 0) is 6.42 Å². The van der Waals surface area contributed by atoms with Crippen molar-refractivity contribution in [2.75, 3.05) is 0 Å². The normalized spacial score (nSPS) is 12.9. The van der Waals surface area contributed by atoms with Gasteiger partial charge in [-0.3, -0.25) is 11.3 Å². The van der Waals surface area contributed by atoms with Gasteiger partial charge in [-0.05, 0) is 25.5 Å². The van der Waals surface area contributed by atoms with Crippen LogP contribution in [0.4, 0.5) is 0 Å². The van der Waals surface area contributed by atoms with Crippen LogP contribution in [0.1, 0.15) is 26.4 Å². The molecule has 0 aliphatic rings. The minimum Gasteiger partial charge on any atom is -0.271 e. The summed E-state index contributed by atoms with van der Waals surface area (Å²) in [6.45, 7) is 4.27. The minimum atomic E-state index is 0.170. The summed E-state index contributed by atoms with van der Waals surface area (Å²) in [6, 6.07) is 2.38. The summed E-state index contributed by atoms with van der Waals surface area (Å²) < 4.78 is 0. The maximum absolute atomic E-state index is 5.61. The molecule has 3 N–H and O–H groups in total. The Morgan fingerprint density at radius 3 is 2.81 bits per heavy atom. The van der Waals surface area contributed by atoms with Gasteiger partial charge in [0, 0.05) is 27.8 Å². The maximum Gasteiger partial charge on any atom is 0.0944 e. The first kappa shape index (κ1) is 11.7. The number of nitrogens with one attached hydrogen (secondary N) is 1. The molecule has 0 saturated carbocycles. The predicted octanol–water partition coefficient (Wildman–Crippen LogP) is 2.57. The van der Waals surface area contributed by atoms with Crippen LogP contribution in [0.5, 0.6) is 0 Å². The third-order valence-corrected chi connectivity index (χ3v) is 4.66. The Labute approximate surface area is 103 Å². The number of aryl methyl sites for hydroxylation is 2. The molecule has 1 unspecified atom stereocenters. The molecule has 2 heterocycles. The van der Waals surface area contributed by atoms with Crippen LogP contribution in [0.3, 0.4) is 0 Å². The summed E-state index contributed by atoms with van der Waals surface area (Å²) in [5.41, 5.74) is 4.21. The highest BCUT2D eigenvalue weighted by molar-refractivity contribution is 7.12. The number of hydrogen-bond acceptors (Lipinski definition) is 5. The quantitative estimate of drug-likeness (QED) is 0.650. The molecule has 2 aromatic heterocycles. The van der Waals surface area contributed by atoms with Crippen molar-refractivity contribution in [1.29, 1.82) is 0 Å². The second-order valence-corrected chi connectivity index (χ2v) is 6.00. The molecule has 16 heavy (non-hydrogen) atoms. The molecule has 5 heteroatoms. The van der Waals surface area contributed by atoms with Crippen molar-refractivity contribution < 1.29 is 0 Å². The molecule has 0 aliphatic heterocycles. The Morgan fingerprint density at radius 2 is 2.31 bits per heavy atom. The Balaban J connectivity index is 2.16. The van der Waals surface area contributed by atoms with Crippen molar-refractivity contribution in [3.63, 3.8) is 0 Å². The van der Waals surface area contributed by atoms with Crippen molar-refractivity contribution in [1.82, 2.24) is 10.4 Å². The third-order valence-electron chi connectivity index (χ3n) is 2.59. The van der Waals surface area contributed by atoms with E-state index in [1.54, 1.807) is 22.7 Å². The number of aromatic nitrogens is 1. The van der Waals surface area contributed by atoms with Crippen molar-refractivity contribution in [3.8, 4) is 0 Å². The van der Waals surface area contributed by atoms with Crippen molar-refractivity contribution in [2.24, 2.45) is 5.84 Å². The van der Waals surface area contributed by atoms with Gasteiger partial charge < -0.3 is 0 Å². The second-order valence-electron chi connectivity index (χ2n) is 3.74. The van der Waals surface area contributed by atoms with Gasteiger partial charge >= 0.3 is 0 Å². The fourth-order valence-corrected chi connectivity index (χ4v) is 3.31. The maximum atomic E-state index is 5.61. The highest BCUT2D eigenvalue weighted by atomic mass is 32.1. The molecule has 0 radical (unpaired) electrons. The predicted molar refractivity (Wildman–Crippen MR) is 69.7 cm³/mol. The summed E-state index contributed by atoms with van der Waals surface area (Å²) in [4.78, 5) is 6.93. The van der Waals surface area contributed by atoms with Crippen molar-refractivity contribution in [2.45, 2.75) is 26.3 Å². The van der Waals surface area contributed by atoms with Crippen LogP contribution < -0.4 is 11.3 Å². The van der Waals surface area contributed by atoms with E-state index in [2.05, 4.69) is 30.3 Å². The van der Waals surface area contributed by atoms with E-state index in [4.69, 9.17) is 5.84 Å². The van der Waals surface area contributed by atoms with Gasteiger partial charge in [-0.1, -0.05) is 0 Å². The van der Waals surface area contributed by atoms with Gasteiger partial charge in [0.05, 0.1) is 11.0 Å². The smallest absolute Gasteiger partial charge is 0.0944 e. The number of rotatable bonds is 4. The Bertz CT molecular complexity index is 428. The molecule has 2 aromatic rings. The van der Waals surface area contributed by atoms with Gasteiger partial charge in [0.1, 0.15) is 0 Å². The lowest BCUT2D eigenvalue weighted by molar-refractivity contribution is 0.559. The summed E-state index contributed by atoms with van der Waals surface area (Å²) in [5, 5.41) is 3.11. The molecule has 0 fully saturated rings. The van der Waals surface area contributed by atoms with Gasteiger partial charge in [0.2, 0.25) is 0 Å². The Kier molecular flexibility index (Phi) is 3.70. The number of nitrogens with zero attached hydrogens (tertiary/aromatic N) is 1. The van der Waals surface area contributed by atoms with Crippen LogP contribution in [0.2, 0.25) is 0 Å². The first-order valence-electron chi connectivity index (χ1n) is 5.12. The Morgan fingerprint density at radius 1 is 1.50 bits per heavy atom. The average Bonchev–Trinajstić information content (AvgIpc) is 2.86. The second kappa shape index (κ2) is 5.05. The molecule has 0 bridgehead atoms.